The molecule has 0 fully saturated rings. The van der Waals surface area contributed by atoms with Gasteiger partial charge in [0.05, 0.1) is 0 Å². The standard InChI is InChI=1S/C76H140O6/c1-4-7-10-13-16-19-22-25-28-31-34-36-38-40-42-45-48-51-54-57-60-63-66-69-75(78)81-72-73(71-80-74(77)68-65-62-59-56-53-50-47-44-41-33-30-27-24-21-18-15-12-9-6-3)82-76(79)70-67-64-61-58-55-52-49-46-43-39-37-35-32-29-26-23-20-17-14-11-8-5-2/h7,10,16,19,25,28,34,36,73H,4-6,8-9,11-15,17-18,20-24,26-27,29-33,35,37-72H2,1-3H3/b10-7-,19-16-,28-25-,36-34-. The molecule has 0 saturated heterocycles. The zero-order valence-electron chi connectivity index (χ0n) is 55.3. The van der Waals surface area contributed by atoms with Crippen molar-refractivity contribution >= 4 is 17.9 Å². The molecular formula is C76H140O6. The van der Waals surface area contributed by atoms with E-state index in [0.717, 1.165) is 83.5 Å². The lowest BCUT2D eigenvalue weighted by molar-refractivity contribution is -0.167. The van der Waals surface area contributed by atoms with E-state index in [4.69, 9.17) is 14.2 Å². The predicted molar refractivity (Wildman–Crippen MR) is 358 cm³/mol. The maximum absolute atomic E-state index is 13.0. The zero-order chi connectivity index (χ0) is 59.2. The van der Waals surface area contributed by atoms with Crippen molar-refractivity contribution in [2.75, 3.05) is 13.2 Å². The van der Waals surface area contributed by atoms with E-state index < -0.39 is 6.10 Å². The van der Waals surface area contributed by atoms with Crippen LogP contribution in [0.1, 0.15) is 400 Å². The fourth-order valence-electron chi connectivity index (χ4n) is 11.1. The Morgan fingerprint density at radius 1 is 0.256 bits per heavy atom. The van der Waals surface area contributed by atoms with Gasteiger partial charge in [-0.25, -0.2) is 0 Å². The summed E-state index contributed by atoms with van der Waals surface area (Å²) in [6.07, 6.45) is 90.0. The van der Waals surface area contributed by atoms with Crippen molar-refractivity contribution in [1.29, 1.82) is 0 Å². The van der Waals surface area contributed by atoms with Crippen molar-refractivity contribution in [2.24, 2.45) is 0 Å². The fourth-order valence-corrected chi connectivity index (χ4v) is 11.1. The number of esters is 3. The van der Waals surface area contributed by atoms with Gasteiger partial charge in [0.15, 0.2) is 6.10 Å². The molecule has 480 valence electrons. The number of allylic oxidation sites excluding steroid dienone is 8. The summed E-state index contributed by atoms with van der Waals surface area (Å²) in [6.45, 7) is 6.61. The molecule has 0 saturated carbocycles. The second kappa shape index (κ2) is 70.9. The number of carbonyl (C=O) groups is 3. The molecule has 0 aliphatic heterocycles. The van der Waals surface area contributed by atoms with Crippen LogP contribution < -0.4 is 0 Å². The summed E-state index contributed by atoms with van der Waals surface area (Å²) in [6, 6.07) is 0. The minimum absolute atomic E-state index is 0.0678. The van der Waals surface area contributed by atoms with Gasteiger partial charge in [0, 0.05) is 19.3 Å². The first kappa shape index (κ1) is 79.4. The van der Waals surface area contributed by atoms with E-state index >= 15 is 0 Å². The van der Waals surface area contributed by atoms with E-state index in [1.807, 2.05) is 0 Å². The molecule has 82 heavy (non-hydrogen) atoms. The Balaban J connectivity index is 4.31. The summed E-state index contributed by atoms with van der Waals surface area (Å²) >= 11 is 0. The summed E-state index contributed by atoms with van der Waals surface area (Å²) in [7, 11) is 0. The number of rotatable bonds is 68. The first-order valence-corrected chi connectivity index (χ1v) is 36.6. The lowest BCUT2D eigenvalue weighted by Crippen LogP contribution is -2.30. The third kappa shape index (κ3) is 68.2. The van der Waals surface area contributed by atoms with E-state index in [1.54, 1.807) is 0 Å². The van der Waals surface area contributed by atoms with Gasteiger partial charge in [0.25, 0.3) is 0 Å². The Kier molecular flexibility index (Phi) is 68.6. The SMILES string of the molecule is CC/C=C\C/C=C\C/C=C\C/C=C\CCCCCCCCCCCCC(=O)OCC(COC(=O)CCCCCCCCCCCCCCCCCCCCC)OC(=O)CCCCCCCCCCCCCCCCCCCCCCCC. The highest BCUT2D eigenvalue weighted by molar-refractivity contribution is 5.71. The zero-order valence-corrected chi connectivity index (χ0v) is 55.3. The lowest BCUT2D eigenvalue weighted by atomic mass is 10.0. The average Bonchev–Trinajstić information content (AvgIpc) is 3.48. The molecule has 0 aromatic carbocycles. The van der Waals surface area contributed by atoms with Crippen molar-refractivity contribution < 1.29 is 28.6 Å². The fraction of sp³-hybridized carbons (Fsp3) is 0.855. The molecule has 0 aromatic heterocycles. The maximum Gasteiger partial charge on any atom is 0.306 e. The first-order chi connectivity index (χ1) is 40.5. The van der Waals surface area contributed by atoms with Crippen LogP contribution in [0.3, 0.4) is 0 Å². The van der Waals surface area contributed by atoms with E-state index in [2.05, 4.69) is 69.4 Å². The number of hydrogen-bond acceptors (Lipinski definition) is 6. The lowest BCUT2D eigenvalue weighted by Gasteiger charge is -2.18. The average molecular weight is 1150 g/mol. The first-order valence-electron chi connectivity index (χ1n) is 36.6. The Bertz CT molecular complexity index is 1410. The molecule has 0 radical (unpaired) electrons. The molecule has 0 aromatic rings. The summed E-state index contributed by atoms with van der Waals surface area (Å²) in [5.41, 5.74) is 0. The van der Waals surface area contributed by atoms with Crippen LogP contribution in [0.5, 0.6) is 0 Å². The van der Waals surface area contributed by atoms with Crippen molar-refractivity contribution in [3.63, 3.8) is 0 Å². The minimum atomic E-state index is -0.773. The summed E-state index contributed by atoms with van der Waals surface area (Å²) in [5, 5.41) is 0. The molecule has 0 N–H and O–H groups in total. The van der Waals surface area contributed by atoms with Crippen LogP contribution in [0, 0.1) is 0 Å². The highest BCUT2D eigenvalue weighted by atomic mass is 16.6. The summed E-state index contributed by atoms with van der Waals surface area (Å²) in [5.74, 6) is -0.839. The molecule has 0 bridgehead atoms. The van der Waals surface area contributed by atoms with Gasteiger partial charge in [-0.2, -0.15) is 0 Å². The van der Waals surface area contributed by atoms with Crippen LogP contribution in [0.2, 0.25) is 0 Å². The Morgan fingerprint density at radius 2 is 0.476 bits per heavy atom. The quantitative estimate of drug-likeness (QED) is 0.0261. The van der Waals surface area contributed by atoms with Gasteiger partial charge in [-0.3, -0.25) is 14.4 Å². The van der Waals surface area contributed by atoms with E-state index in [0.29, 0.717) is 19.3 Å². The van der Waals surface area contributed by atoms with Gasteiger partial charge < -0.3 is 14.2 Å². The van der Waals surface area contributed by atoms with Crippen molar-refractivity contribution in [1.82, 2.24) is 0 Å². The topological polar surface area (TPSA) is 78.9 Å². The molecule has 6 heteroatoms. The monoisotopic (exact) mass is 1150 g/mol. The number of hydrogen-bond donors (Lipinski definition) is 0. The van der Waals surface area contributed by atoms with Crippen LogP contribution in [-0.2, 0) is 28.6 Å². The molecule has 0 spiro atoms. The van der Waals surface area contributed by atoms with Gasteiger partial charge in [-0.15, -0.1) is 0 Å². The van der Waals surface area contributed by atoms with Gasteiger partial charge >= 0.3 is 17.9 Å². The molecular weight excluding hydrogens is 1010 g/mol. The Hall–Kier alpha value is -2.63. The van der Waals surface area contributed by atoms with E-state index in [-0.39, 0.29) is 31.1 Å². The van der Waals surface area contributed by atoms with Crippen LogP contribution in [0.25, 0.3) is 0 Å². The van der Waals surface area contributed by atoms with E-state index in [1.165, 1.54) is 276 Å². The summed E-state index contributed by atoms with van der Waals surface area (Å²) < 4.78 is 17.0. The van der Waals surface area contributed by atoms with Gasteiger partial charge in [-0.1, -0.05) is 371 Å². The van der Waals surface area contributed by atoms with Crippen LogP contribution in [0.15, 0.2) is 48.6 Å². The molecule has 0 aliphatic carbocycles. The second-order valence-corrected chi connectivity index (χ2v) is 24.8. The predicted octanol–water partition coefficient (Wildman–Crippen LogP) is 25.3. The largest absolute Gasteiger partial charge is 0.462 e. The van der Waals surface area contributed by atoms with Crippen molar-refractivity contribution in [2.45, 2.75) is 406 Å². The highest BCUT2D eigenvalue weighted by Gasteiger charge is 2.19. The number of unbranched alkanes of at least 4 members (excludes halogenated alkanes) is 49. The van der Waals surface area contributed by atoms with Crippen molar-refractivity contribution in [3.8, 4) is 0 Å². The normalized spacial score (nSPS) is 12.3. The third-order valence-electron chi connectivity index (χ3n) is 16.6. The van der Waals surface area contributed by atoms with E-state index in [9.17, 15) is 14.4 Å². The smallest absolute Gasteiger partial charge is 0.306 e. The molecule has 1 unspecified atom stereocenters. The second-order valence-electron chi connectivity index (χ2n) is 24.8. The Morgan fingerprint density at radius 3 is 0.744 bits per heavy atom. The molecule has 0 rings (SSSR count). The van der Waals surface area contributed by atoms with Crippen LogP contribution >= 0.6 is 0 Å². The Labute approximate surface area is 511 Å². The maximum atomic E-state index is 13.0. The van der Waals surface area contributed by atoms with Crippen molar-refractivity contribution in [3.05, 3.63) is 48.6 Å². The molecule has 0 heterocycles. The highest BCUT2D eigenvalue weighted by Crippen LogP contribution is 2.19. The molecule has 0 aliphatic rings. The van der Waals surface area contributed by atoms with Gasteiger partial charge in [-0.05, 0) is 57.8 Å². The minimum Gasteiger partial charge on any atom is -0.462 e. The molecule has 0 amide bonds. The number of ether oxygens (including phenoxy) is 3. The summed E-state index contributed by atoms with van der Waals surface area (Å²) in [4.78, 5) is 38.5. The number of carbonyl (C=O) groups excluding carboxylic acids is 3. The van der Waals surface area contributed by atoms with Gasteiger partial charge in [0.2, 0.25) is 0 Å². The third-order valence-corrected chi connectivity index (χ3v) is 16.6. The molecule has 1 atom stereocenters. The van der Waals surface area contributed by atoms with Crippen LogP contribution in [-0.4, -0.2) is 37.2 Å². The molecule has 6 nitrogen and oxygen atoms in total. The van der Waals surface area contributed by atoms with Crippen LogP contribution in [0.4, 0.5) is 0 Å². The van der Waals surface area contributed by atoms with Gasteiger partial charge in [0.1, 0.15) is 13.2 Å².